The number of hydrogen-bond acceptors (Lipinski definition) is 3. The monoisotopic (exact) mass is 287 g/mol. The standard InChI is InChI=1S/C11H18BrN3O/c1-8-9(12)10(16)15(7-13-8)6-5-14-11(2,3)4/h7,14H,5-6H2,1-4H3. The largest absolute Gasteiger partial charge is 0.310 e. The second-order valence-corrected chi connectivity index (χ2v) is 5.61. The smallest absolute Gasteiger partial charge is 0.267 e. The number of aromatic nitrogens is 2. The molecule has 0 radical (unpaired) electrons. The summed E-state index contributed by atoms with van der Waals surface area (Å²) in [5.41, 5.74) is 0.770. The molecule has 1 N–H and O–H groups in total. The van der Waals surface area contributed by atoms with Crippen LogP contribution in [0.5, 0.6) is 0 Å². The molecule has 4 nitrogen and oxygen atoms in total. The number of rotatable bonds is 3. The van der Waals surface area contributed by atoms with E-state index in [2.05, 4.69) is 47.0 Å². The van der Waals surface area contributed by atoms with Crippen LogP contribution in [0.15, 0.2) is 15.6 Å². The van der Waals surface area contributed by atoms with Gasteiger partial charge in [-0.15, -0.1) is 0 Å². The summed E-state index contributed by atoms with van der Waals surface area (Å²) in [6, 6.07) is 0. The van der Waals surface area contributed by atoms with Gasteiger partial charge in [-0.3, -0.25) is 9.36 Å². The van der Waals surface area contributed by atoms with Crippen molar-refractivity contribution in [2.75, 3.05) is 6.54 Å². The second kappa shape index (κ2) is 5.10. The van der Waals surface area contributed by atoms with Gasteiger partial charge in [0, 0.05) is 18.6 Å². The van der Waals surface area contributed by atoms with Crippen LogP contribution in [0.25, 0.3) is 0 Å². The van der Waals surface area contributed by atoms with E-state index in [9.17, 15) is 4.79 Å². The lowest BCUT2D eigenvalue weighted by molar-refractivity contribution is 0.409. The minimum absolute atomic E-state index is 0.0248. The number of halogens is 1. The molecule has 0 fully saturated rings. The minimum Gasteiger partial charge on any atom is -0.310 e. The highest BCUT2D eigenvalue weighted by molar-refractivity contribution is 9.10. The van der Waals surface area contributed by atoms with Crippen LogP contribution in [-0.4, -0.2) is 21.6 Å². The van der Waals surface area contributed by atoms with Crippen molar-refractivity contribution in [1.82, 2.24) is 14.9 Å². The average Bonchev–Trinajstić information content (AvgIpc) is 2.16. The van der Waals surface area contributed by atoms with Crippen molar-refractivity contribution in [2.24, 2.45) is 0 Å². The van der Waals surface area contributed by atoms with Gasteiger partial charge in [0.2, 0.25) is 0 Å². The molecular formula is C11H18BrN3O. The normalized spacial score (nSPS) is 11.8. The lowest BCUT2D eigenvalue weighted by Crippen LogP contribution is -2.39. The maximum atomic E-state index is 11.8. The summed E-state index contributed by atoms with van der Waals surface area (Å²) in [4.78, 5) is 15.9. The molecule has 0 saturated heterocycles. The van der Waals surface area contributed by atoms with E-state index < -0.39 is 0 Å². The fourth-order valence-corrected chi connectivity index (χ4v) is 1.59. The maximum Gasteiger partial charge on any atom is 0.267 e. The number of nitrogens with zero attached hydrogens (tertiary/aromatic N) is 2. The third kappa shape index (κ3) is 3.72. The molecule has 0 aliphatic carbocycles. The summed E-state index contributed by atoms with van der Waals surface area (Å²) in [6.45, 7) is 9.48. The van der Waals surface area contributed by atoms with Crippen LogP contribution in [0.2, 0.25) is 0 Å². The molecule has 16 heavy (non-hydrogen) atoms. The molecule has 0 aliphatic heterocycles. The Balaban J connectivity index is 2.69. The molecular weight excluding hydrogens is 270 g/mol. The second-order valence-electron chi connectivity index (χ2n) is 4.82. The summed E-state index contributed by atoms with van der Waals surface area (Å²) < 4.78 is 2.15. The van der Waals surface area contributed by atoms with Gasteiger partial charge in [0.05, 0.1) is 12.0 Å². The highest BCUT2D eigenvalue weighted by Gasteiger charge is 2.09. The van der Waals surface area contributed by atoms with Crippen LogP contribution in [-0.2, 0) is 6.54 Å². The summed E-state index contributed by atoms with van der Waals surface area (Å²) in [5, 5.41) is 3.33. The Morgan fingerprint density at radius 1 is 1.50 bits per heavy atom. The van der Waals surface area contributed by atoms with E-state index in [1.165, 1.54) is 0 Å². The Kier molecular flexibility index (Phi) is 4.27. The van der Waals surface area contributed by atoms with Crippen LogP contribution in [0, 0.1) is 6.92 Å². The average molecular weight is 288 g/mol. The van der Waals surface area contributed by atoms with Crippen molar-refractivity contribution < 1.29 is 0 Å². The van der Waals surface area contributed by atoms with Gasteiger partial charge in [0.15, 0.2) is 0 Å². The molecule has 1 heterocycles. The molecule has 5 heteroatoms. The highest BCUT2D eigenvalue weighted by atomic mass is 79.9. The zero-order valence-corrected chi connectivity index (χ0v) is 11.8. The van der Waals surface area contributed by atoms with E-state index in [4.69, 9.17) is 0 Å². The first kappa shape index (κ1) is 13.4. The first-order valence-corrected chi connectivity index (χ1v) is 6.07. The van der Waals surface area contributed by atoms with Crippen molar-refractivity contribution in [3.8, 4) is 0 Å². The van der Waals surface area contributed by atoms with Gasteiger partial charge in [-0.25, -0.2) is 4.98 Å². The van der Waals surface area contributed by atoms with Crippen LogP contribution in [0.1, 0.15) is 26.5 Å². The van der Waals surface area contributed by atoms with E-state index in [1.54, 1.807) is 10.9 Å². The third-order valence-corrected chi connectivity index (χ3v) is 3.08. The first-order chi connectivity index (χ1) is 7.31. The van der Waals surface area contributed by atoms with E-state index in [1.807, 2.05) is 6.92 Å². The molecule has 0 bridgehead atoms. The molecule has 0 saturated carbocycles. The summed E-state index contributed by atoms with van der Waals surface area (Å²) >= 11 is 3.25. The van der Waals surface area contributed by atoms with E-state index in [-0.39, 0.29) is 11.1 Å². The van der Waals surface area contributed by atoms with Crippen molar-refractivity contribution in [2.45, 2.75) is 39.8 Å². The molecule has 1 aromatic heterocycles. The number of aryl methyl sites for hydroxylation is 1. The Morgan fingerprint density at radius 2 is 2.12 bits per heavy atom. The molecule has 0 spiro atoms. The van der Waals surface area contributed by atoms with Crippen LogP contribution in [0.4, 0.5) is 0 Å². The van der Waals surface area contributed by atoms with Gasteiger partial charge in [-0.05, 0) is 43.6 Å². The van der Waals surface area contributed by atoms with Crippen LogP contribution >= 0.6 is 15.9 Å². The minimum atomic E-state index is -0.0248. The van der Waals surface area contributed by atoms with Gasteiger partial charge in [0.25, 0.3) is 5.56 Å². The van der Waals surface area contributed by atoms with Crippen molar-refractivity contribution >= 4 is 15.9 Å². The molecule has 0 unspecified atom stereocenters. The zero-order valence-electron chi connectivity index (χ0n) is 10.2. The quantitative estimate of drug-likeness (QED) is 0.921. The van der Waals surface area contributed by atoms with Crippen molar-refractivity contribution in [1.29, 1.82) is 0 Å². The first-order valence-electron chi connectivity index (χ1n) is 5.28. The van der Waals surface area contributed by atoms with Crippen LogP contribution < -0.4 is 10.9 Å². The molecule has 0 amide bonds. The fraction of sp³-hybridized carbons (Fsp3) is 0.636. The summed E-state index contributed by atoms with van der Waals surface area (Å²) in [5.74, 6) is 0. The zero-order chi connectivity index (χ0) is 12.3. The Labute approximate surface area is 104 Å². The fourth-order valence-electron chi connectivity index (χ4n) is 1.26. The molecule has 0 aliphatic rings. The molecule has 1 aromatic rings. The van der Waals surface area contributed by atoms with Gasteiger partial charge in [-0.1, -0.05) is 0 Å². The predicted octanol–water partition coefficient (Wildman–Crippen LogP) is 1.70. The maximum absolute atomic E-state index is 11.8. The lowest BCUT2D eigenvalue weighted by Gasteiger charge is -2.20. The molecule has 1 rings (SSSR count). The van der Waals surface area contributed by atoms with Gasteiger partial charge in [-0.2, -0.15) is 0 Å². The topological polar surface area (TPSA) is 46.9 Å². The number of hydrogen-bond donors (Lipinski definition) is 1. The Hall–Kier alpha value is -0.680. The summed E-state index contributed by atoms with van der Waals surface area (Å²) in [7, 11) is 0. The van der Waals surface area contributed by atoms with Crippen molar-refractivity contribution in [3.05, 3.63) is 26.8 Å². The summed E-state index contributed by atoms with van der Waals surface area (Å²) in [6.07, 6.45) is 1.59. The van der Waals surface area contributed by atoms with E-state index in [0.29, 0.717) is 11.0 Å². The van der Waals surface area contributed by atoms with E-state index >= 15 is 0 Å². The molecule has 0 atom stereocenters. The Morgan fingerprint density at radius 3 is 2.69 bits per heavy atom. The van der Waals surface area contributed by atoms with Gasteiger partial charge in [0.1, 0.15) is 4.47 Å². The molecule has 0 aromatic carbocycles. The molecule has 90 valence electrons. The van der Waals surface area contributed by atoms with E-state index in [0.717, 1.165) is 12.2 Å². The highest BCUT2D eigenvalue weighted by Crippen LogP contribution is 2.05. The van der Waals surface area contributed by atoms with Crippen LogP contribution in [0.3, 0.4) is 0 Å². The van der Waals surface area contributed by atoms with Crippen molar-refractivity contribution in [3.63, 3.8) is 0 Å². The third-order valence-electron chi connectivity index (χ3n) is 2.17. The van der Waals surface area contributed by atoms with Gasteiger partial charge >= 0.3 is 0 Å². The lowest BCUT2D eigenvalue weighted by atomic mass is 10.1. The Bertz CT molecular complexity index is 420. The van der Waals surface area contributed by atoms with Gasteiger partial charge < -0.3 is 5.32 Å². The predicted molar refractivity (Wildman–Crippen MR) is 68.7 cm³/mol. The SMILES string of the molecule is Cc1ncn(CCNC(C)(C)C)c(=O)c1Br. The number of nitrogens with one attached hydrogen (secondary N) is 1.